The summed E-state index contributed by atoms with van der Waals surface area (Å²) in [5, 5.41) is 6.47. The Labute approximate surface area is 274 Å². The number of furan rings is 2. The van der Waals surface area contributed by atoms with Crippen LogP contribution in [0.4, 0.5) is 0 Å². The summed E-state index contributed by atoms with van der Waals surface area (Å²) in [6, 6.07) is 51.6. The average Bonchev–Trinajstić information content (AvgIpc) is 3.73. The lowest BCUT2D eigenvalue weighted by Gasteiger charge is -2.10. The van der Waals surface area contributed by atoms with Gasteiger partial charge in [0.15, 0.2) is 17.5 Å². The molecule has 0 radical (unpaired) electrons. The number of hydrogen-bond acceptors (Lipinski definition) is 5. The van der Waals surface area contributed by atoms with Crippen molar-refractivity contribution in [3.63, 3.8) is 0 Å². The van der Waals surface area contributed by atoms with Crippen molar-refractivity contribution in [3.05, 3.63) is 152 Å². The minimum atomic E-state index is 0.545. The van der Waals surface area contributed by atoms with Crippen LogP contribution in [0.2, 0.25) is 0 Å². The minimum Gasteiger partial charge on any atom is -0.456 e. The second-order valence-corrected chi connectivity index (χ2v) is 12.0. The number of rotatable bonds is 4. The molecule has 10 aromatic rings. The maximum absolute atomic E-state index is 6.50. The van der Waals surface area contributed by atoms with E-state index in [2.05, 4.69) is 72.8 Å². The highest BCUT2D eigenvalue weighted by Gasteiger charge is 2.21. The first-order chi connectivity index (χ1) is 23.8. The molecule has 0 fully saturated rings. The molecule has 3 aromatic heterocycles. The first-order valence-electron chi connectivity index (χ1n) is 15.9. The van der Waals surface area contributed by atoms with Gasteiger partial charge in [0.2, 0.25) is 0 Å². The molecule has 224 valence electrons. The topological polar surface area (TPSA) is 65.0 Å². The molecule has 0 spiro atoms. The zero-order valence-electron chi connectivity index (χ0n) is 25.6. The SMILES string of the molecule is c1ccc(-c2nc(-c3cccc4c3oc3ccccc34)nc(-c3cccc4oc5cccc(-c6ccc7ccccc7c6)c5c34)n2)cc1. The molecule has 0 saturated carbocycles. The predicted octanol–water partition coefficient (Wildman–Crippen LogP) is 11.5. The highest BCUT2D eigenvalue weighted by Crippen LogP contribution is 2.42. The van der Waals surface area contributed by atoms with E-state index in [0.29, 0.717) is 17.5 Å². The Balaban J connectivity index is 1.25. The summed E-state index contributed by atoms with van der Waals surface area (Å²) >= 11 is 0. The average molecular weight is 616 g/mol. The molecule has 0 saturated heterocycles. The quantitative estimate of drug-likeness (QED) is 0.197. The molecule has 0 aliphatic carbocycles. The van der Waals surface area contributed by atoms with Gasteiger partial charge in [0, 0.05) is 32.7 Å². The molecule has 7 aromatic carbocycles. The second-order valence-electron chi connectivity index (χ2n) is 12.0. The molecule has 0 aliphatic heterocycles. The third-order valence-corrected chi connectivity index (χ3v) is 9.14. The summed E-state index contributed by atoms with van der Waals surface area (Å²) < 4.78 is 12.9. The highest BCUT2D eigenvalue weighted by molar-refractivity contribution is 6.18. The second kappa shape index (κ2) is 10.5. The van der Waals surface area contributed by atoms with Gasteiger partial charge in [-0.3, -0.25) is 0 Å². The van der Waals surface area contributed by atoms with Crippen molar-refractivity contribution < 1.29 is 8.83 Å². The molecule has 3 heterocycles. The number of aromatic nitrogens is 3. The van der Waals surface area contributed by atoms with E-state index >= 15 is 0 Å². The van der Waals surface area contributed by atoms with E-state index in [1.165, 1.54) is 10.8 Å². The molecular formula is C43H25N3O2. The Morgan fingerprint density at radius 1 is 0.354 bits per heavy atom. The summed E-state index contributed by atoms with van der Waals surface area (Å²) in [6.07, 6.45) is 0. The lowest BCUT2D eigenvalue weighted by molar-refractivity contribution is 0.668. The van der Waals surface area contributed by atoms with Crippen LogP contribution >= 0.6 is 0 Å². The number of fused-ring (bicyclic) bond motifs is 7. The van der Waals surface area contributed by atoms with Gasteiger partial charge in [-0.25, -0.2) is 15.0 Å². The van der Waals surface area contributed by atoms with Crippen LogP contribution in [-0.2, 0) is 0 Å². The minimum absolute atomic E-state index is 0.545. The van der Waals surface area contributed by atoms with E-state index in [9.17, 15) is 0 Å². The van der Waals surface area contributed by atoms with Crippen LogP contribution < -0.4 is 0 Å². The maximum Gasteiger partial charge on any atom is 0.167 e. The van der Waals surface area contributed by atoms with Crippen LogP contribution in [-0.4, -0.2) is 15.0 Å². The fourth-order valence-electron chi connectivity index (χ4n) is 6.91. The van der Waals surface area contributed by atoms with Gasteiger partial charge in [0.25, 0.3) is 0 Å². The molecule has 0 unspecified atom stereocenters. The number of para-hydroxylation sites is 2. The summed E-state index contributed by atoms with van der Waals surface area (Å²) in [4.78, 5) is 15.3. The molecule has 0 amide bonds. The van der Waals surface area contributed by atoms with Crippen LogP contribution in [0.5, 0.6) is 0 Å². The first kappa shape index (κ1) is 26.6. The van der Waals surface area contributed by atoms with Gasteiger partial charge in [0.1, 0.15) is 22.3 Å². The largest absolute Gasteiger partial charge is 0.456 e. The predicted molar refractivity (Wildman–Crippen MR) is 194 cm³/mol. The molecule has 48 heavy (non-hydrogen) atoms. The third-order valence-electron chi connectivity index (χ3n) is 9.14. The van der Waals surface area contributed by atoms with Crippen molar-refractivity contribution >= 4 is 54.6 Å². The molecule has 10 rings (SSSR count). The molecular weight excluding hydrogens is 590 g/mol. The number of nitrogens with zero attached hydrogens (tertiary/aromatic N) is 3. The van der Waals surface area contributed by atoms with Gasteiger partial charge in [-0.2, -0.15) is 0 Å². The first-order valence-corrected chi connectivity index (χ1v) is 15.9. The summed E-state index contributed by atoms with van der Waals surface area (Å²) in [5.74, 6) is 1.69. The van der Waals surface area contributed by atoms with E-state index < -0.39 is 0 Å². The van der Waals surface area contributed by atoms with E-state index in [1.54, 1.807) is 0 Å². The van der Waals surface area contributed by atoms with Crippen LogP contribution in [0.1, 0.15) is 0 Å². The Morgan fingerprint density at radius 3 is 1.81 bits per heavy atom. The van der Waals surface area contributed by atoms with E-state index in [4.69, 9.17) is 23.8 Å². The van der Waals surface area contributed by atoms with Gasteiger partial charge in [-0.1, -0.05) is 121 Å². The molecule has 0 bridgehead atoms. The van der Waals surface area contributed by atoms with Crippen LogP contribution in [0, 0.1) is 0 Å². The van der Waals surface area contributed by atoms with Crippen LogP contribution in [0.3, 0.4) is 0 Å². The van der Waals surface area contributed by atoms with E-state index in [1.807, 2.05) is 78.9 Å². The third kappa shape index (κ3) is 4.15. The number of benzene rings is 7. The summed E-state index contributed by atoms with van der Waals surface area (Å²) in [7, 11) is 0. The summed E-state index contributed by atoms with van der Waals surface area (Å²) in [6.45, 7) is 0. The molecule has 0 aliphatic rings. The van der Waals surface area contributed by atoms with Crippen molar-refractivity contribution in [2.45, 2.75) is 0 Å². The Bertz CT molecular complexity index is 2850. The van der Waals surface area contributed by atoms with Crippen molar-refractivity contribution in [1.82, 2.24) is 15.0 Å². The van der Waals surface area contributed by atoms with Crippen molar-refractivity contribution in [2.24, 2.45) is 0 Å². The van der Waals surface area contributed by atoms with Gasteiger partial charge in [0.05, 0.1) is 5.56 Å². The maximum atomic E-state index is 6.50. The summed E-state index contributed by atoms with van der Waals surface area (Å²) in [5.41, 5.74) is 7.96. The Hall–Kier alpha value is -6.59. The van der Waals surface area contributed by atoms with Gasteiger partial charge >= 0.3 is 0 Å². The van der Waals surface area contributed by atoms with Crippen molar-refractivity contribution in [2.75, 3.05) is 0 Å². The Morgan fingerprint density at radius 2 is 0.958 bits per heavy atom. The number of hydrogen-bond donors (Lipinski definition) is 0. The fourth-order valence-corrected chi connectivity index (χ4v) is 6.91. The zero-order chi connectivity index (χ0) is 31.6. The normalized spacial score (nSPS) is 11.8. The van der Waals surface area contributed by atoms with Gasteiger partial charge in [-0.05, 0) is 52.2 Å². The lowest BCUT2D eigenvalue weighted by Crippen LogP contribution is -2.00. The molecule has 0 atom stereocenters. The fraction of sp³-hybridized carbons (Fsp3) is 0. The van der Waals surface area contributed by atoms with Crippen LogP contribution in [0.25, 0.3) is 99.9 Å². The van der Waals surface area contributed by atoms with Crippen LogP contribution in [0.15, 0.2) is 160 Å². The highest BCUT2D eigenvalue weighted by atomic mass is 16.3. The standard InChI is InChI=1S/C43H25N3O2/c1-2-12-27(13-3-1)41-44-42(46-43(45-41)34-19-8-17-32-31-15-6-7-20-35(31)48-40(32)34)33-18-10-22-37-39(33)38-30(16-9-21-36(38)47-37)29-24-23-26-11-4-5-14-28(26)25-29/h1-25H. The van der Waals surface area contributed by atoms with Crippen molar-refractivity contribution in [3.8, 4) is 45.3 Å². The van der Waals surface area contributed by atoms with E-state index in [0.717, 1.165) is 71.7 Å². The van der Waals surface area contributed by atoms with Gasteiger partial charge < -0.3 is 8.83 Å². The zero-order valence-corrected chi connectivity index (χ0v) is 25.6. The lowest BCUT2D eigenvalue weighted by atomic mass is 9.95. The smallest absolute Gasteiger partial charge is 0.167 e. The van der Waals surface area contributed by atoms with Gasteiger partial charge in [-0.15, -0.1) is 0 Å². The van der Waals surface area contributed by atoms with Crippen molar-refractivity contribution in [1.29, 1.82) is 0 Å². The molecule has 0 N–H and O–H groups in total. The monoisotopic (exact) mass is 615 g/mol. The van der Waals surface area contributed by atoms with E-state index in [-0.39, 0.29) is 0 Å². The molecule has 5 nitrogen and oxygen atoms in total. The Kier molecular flexibility index (Phi) is 5.81. The molecule has 5 heteroatoms.